The maximum absolute atomic E-state index is 13.7. The molecule has 0 saturated heterocycles. The number of benzene rings is 2. The molecule has 0 spiro atoms. The van der Waals surface area contributed by atoms with Crippen LogP contribution in [-0.4, -0.2) is 19.4 Å². The molecule has 0 saturated carbocycles. The highest BCUT2D eigenvalue weighted by Gasteiger charge is 2.23. The molecular formula is C36H42F3NO2. The van der Waals surface area contributed by atoms with Gasteiger partial charge < -0.3 is 14.8 Å². The van der Waals surface area contributed by atoms with Crippen molar-refractivity contribution in [1.29, 1.82) is 0 Å². The van der Waals surface area contributed by atoms with Gasteiger partial charge in [-0.05, 0) is 96.0 Å². The lowest BCUT2D eigenvalue weighted by Crippen LogP contribution is -2.30. The van der Waals surface area contributed by atoms with Crippen LogP contribution < -0.4 is 5.32 Å². The second kappa shape index (κ2) is 18.4. The van der Waals surface area contributed by atoms with Gasteiger partial charge in [-0.15, -0.1) is 0 Å². The van der Waals surface area contributed by atoms with Crippen LogP contribution in [0.2, 0.25) is 0 Å². The lowest BCUT2D eigenvalue weighted by Gasteiger charge is -2.30. The van der Waals surface area contributed by atoms with E-state index in [2.05, 4.69) is 31.0 Å². The Morgan fingerprint density at radius 3 is 2.07 bits per heavy atom. The van der Waals surface area contributed by atoms with E-state index < -0.39 is 0 Å². The van der Waals surface area contributed by atoms with E-state index in [1.165, 1.54) is 35.9 Å². The third-order valence-electron chi connectivity index (χ3n) is 6.96. The third-order valence-corrected chi connectivity index (χ3v) is 6.96. The molecule has 0 aromatic heterocycles. The topological polar surface area (TPSA) is 38.3 Å². The lowest BCUT2D eigenvalue weighted by molar-refractivity contribution is -0.0980. The second-order valence-electron chi connectivity index (χ2n) is 9.75. The van der Waals surface area contributed by atoms with Crippen molar-refractivity contribution < 1.29 is 22.7 Å². The zero-order valence-electron chi connectivity index (χ0n) is 24.8. The molecule has 42 heavy (non-hydrogen) atoms. The number of ether oxygens (including phenoxy) is 1. The van der Waals surface area contributed by atoms with Crippen molar-refractivity contribution >= 4 is 18.0 Å². The first-order chi connectivity index (χ1) is 20.4. The number of nitrogens with one attached hydrogen (secondary N) is 1. The standard InChI is InChI=1S/C33H34F3NO.C2H6.CH2O/c1-3-22-38-31-19-9-26(10-20-31)33(37-30-17-15-29(36)16-18-30)23(2)4-21-32(24-5-11-27(34)12-6-24)25-7-13-28(35)14-8-25;2*1-2/h3,5-7,9,11-13,15-19,21,23,33,37H,1,4,8,10,14,20,22H2,2H3;1-2H3;1H2/b32-21+;;. The molecule has 4 rings (SSSR count). The first-order valence-electron chi connectivity index (χ1n) is 14.4. The molecule has 6 heteroatoms. The molecule has 0 bridgehead atoms. The maximum atomic E-state index is 13.7. The van der Waals surface area contributed by atoms with Crippen molar-refractivity contribution in [2.45, 2.75) is 58.9 Å². The summed E-state index contributed by atoms with van der Waals surface area (Å²) in [7, 11) is 0. The SMILES string of the molecule is C=CCOC1=CC=C(C(Nc2ccc(F)cc2)C(C)C/C=C(/C2=CC=C(F)CC2)c2ccc(F)cc2)CC1.C=O.CC. The van der Waals surface area contributed by atoms with Gasteiger partial charge in [0.1, 0.15) is 30.9 Å². The molecular weight excluding hydrogens is 535 g/mol. The number of hydrogen-bond donors (Lipinski definition) is 1. The summed E-state index contributed by atoms with van der Waals surface area (Å²) < 4.78 is 46.6. The van der Waals surface area contributed by atoms with Crippen molar-refractivity contribution in [1.82, 2.24) is 0 Å². The Kier molecular flexibility index (Phi) is 14.9. The Balaban J connectivity index is 0.00000148. The van der Waals surface area contributed by atoms with Crippen molar-refractivity contribution in [3.8, 4) is 0 Å². The van der Waals surface area contributed by atoms with E-state index >= 15 is 0 Å². The van der Waals surface area contributed by atoms with Crippen LogP contribution in [0.1, 0.15) is 58.4 Å². The van der Waals surface area contributed by atoms with Gasteiger partial charge in [0, 0.05) is 18.5 Å². The summed E-state index contributed by atoms with van der Waals surface area (Å²) in [5.41, 5.74) is 5.04. The van der Waals surface area contributed by atoms with Gasteiger partial charge in [0.05, 0.1) is 11.8 Å². The molecule has 2 aliphatic carbocycles. The lowest BCUT2D eigenvalue weighted by atomic mass is 9.84. The van der Waals surface area contributed by atoms with Gasteiger partial charge in [-0.3, -0.25) is 0 Å². The van der Waals surface area contributed by atoms with Crippen molar-refractivity contribution in [2.24, 2.45) is 5.92 Å². The molecule has 0 amide bonds. The molecule has 2 aromatic carbocycles. The number of rotatable bonds is 11. The van der Waals surface area contributed by atoms with Crippen LogP contribution in [0.4, 0.5) is 18.9 Å². The van der Waals surface area contributed by atoms with Crippen molar-refractivity contribution in [3.63, 3.8) is 0 Å². The average Bonchev–Trinajstić information content (AvgIpc) is 3.03. The molecule has 2 atom stereocenters. The summed E-state index contributed by atoms with van der Waals surface area (Å²) in [6.45, 7) is 12.4. The number of anilines is 1. The van der Waals surface area contributed by atoms with Gasteiger partial charge in [-0.2, -0.15) is 0 Å². The highest BCUT2D eigenvalue weighted by molar-refractivity contribution is 5.79. The predicted octanol–water partition coefficient (Wildman–Crippen LogP) is 10.1. The number of halogens is 3. The fourth-order valence-electron chi connectivity index (χ4n) is 4.85. The second-order valence-corrected chi connectivity index (χ2v) is 9.75. The summed E-state index contributed by atoms with van der Waals surface area (Å²) in [4.78, 5) is 8.00. The van der Waals surface area contributed by atoms with Crippen LogP contribution >= 0.6 is 0 Å². The minimum Gasteiger partial charge on any atom is -0.494 e. The van der Waals surface area contributed by atoms with Crippen LogP contribution in [-0.2, 0) is 9.53 Å². The van der Waals surface area contributed by atoms with Crippen molar-refractivity contribution in [2.75, 3.05) is 11.9 Å². The fraction of sp³-hybridized carbons (Fsp3) is 0.306. The molecule has 0 aliphatic heterocycles. The molecule has 0 radical (unpaired) electrons. The number of allylic oxidation sites excluding steroid dienone is 9. The third kappa shape index (κ3) is 10.4. The molecule has 2 unspecified atom stereocenters. The molecule has 0 fully saturated rings. The van der Waals surface area contributed by atoms with Gasteiger partial charge in [-0.1, -0.05) is 63.8 Å². The van der Waals surface area contributed by atoms with Crippen LogP contribution in [0.5, 0.6) is 0 Å². The smallest absolute Gasteiger partial charge is 0.123 e. The molecule has 1 N–H and O–H groups in total. The Labute approximate surface area is 248 Å². The van der Waals surface area contributed by atoms with Gasteiger partial charge in [0.25, 0.3) is 0 Å². The molecule has 2 aliphatic rings. The monoisotopic (exact) mass is 577 g/mol. The zero-order valence-corrected chi connectivity index (χ0v) is 24.8. The van der Waals surface area contributed by atoms with Crippen LogP contribution in [0.3, 0.4) is 0 Å². The Morgan fingerprint density at radius 2 is 1.52 bits per heavy atom. The molecule has 3 nitrogen and oxygen atoms in total. The van der Waals surface area contributed by atoms with E-state index in [1.807, 2.05) is 32.8 Å². The summed E-state index contributed by atoms with van der Waals surface area (Å²) in [5.74, 6) is 0.411. The Morgan fingerprint density at radius 1 is 0.881 bits per heavy atom. The van der Waals surface area contributed by atoms with Gasteiger partial charge >= 0.3 is 0 Å². The van der Waals surface area contributed by atoms with E-state index in [1.54, 1.807) is 30.3 Å². The molecule has 2 aromatic rings. The highest BCUT2D eigenvalue weighted by Crippen LogP contribution is 2.34. The Hall–Kier alpha value is -4.06. The van der Waals surface area contributed by atoms with Gasteiger partial charge in [0.15, 0.2) is 0 Å². The van der Waals surface area contributed by atoms with Crippen LogP contribution in [0.25, 0.3) is 5.57 Å². The largest absolute Gasteiger partial charge is 0.494 e. The quantitative estimate of drug-likeness (QED) is 0.270. The minimum atomic E-state index is -0.290. The number of carbonyl (C=O) groups is 1. The highest BCUT2D eigenvalue weighted by atomic mass is 19.1. The van der Waals surface area contributed by atoms with E-state index in [0.29, 0.717) is 19.4 Å². The van der Waals surface area contributed by atoms with Crippen LogP contribution in [0.15, 0.2) is 114 Å². The van der Waals surface area contributed by atoms with Crippen molar-refractivity contribution in [3.05, 3.63) is 131 Å². The van der Waals surface area contributed by atoms with E-state index in [9.17, 15) is 13.2 Å². The fourth-order valence-corrected chi connectivity index (χ4v) is 4.85. The summed E-state index contributed by atoms with van der Waals surface area (Å²) in [5, 5.41) is 3.62. The minimum absolute atomic E-state index is 0.000981. The van der Waals surface area contributed by atoms with E-state index in [-0.39, 0.29) is 29.4 Å². The number of carbonyl (C=O) groups excluding carboxylic acids is 1. The summed E-state index contributed by atoms with van der Waals surface area (Å²) >= 11 is 0. The summed E-state index contributed by atoms with van der Waals surface area (Å²) in [6.07, 6.45) is 14.7. The van der Waals surface area contributed by atoms with E-state index in [0.717, 1.165) is 47.4 Å². The Bertz CT molecular complexity index is 1290. The first-order valence-corrected chi connectivity index (χ1v) is 14.4. The predicted molar refractivity (Wildman–Crippen MR) is 168 cm³/mol. The van der Waals surface area contributed by atoms with E-state index in [4.69, 9.17) is 9.53 Å². The zero-order chi connectivity index (χ0) is 30.9. The van der Waals surface area contributed by atoms with Gasteiger partial charge in [-0.25, -0.2) is 13.2 Å². The maximum Gasteiger partial charge on any atom is 0.123 e. The first kappa shape index (κ1) is 34.1. The molecule has 224 valence electrons. The average molecular weight is 578 g/mol. The number of hydrogen-bond acceptors (Lipinski definition) is 3. The van der Waals surface area contributed by atoms with Gasteiger partial charge in [0.2, 0.25) is 0 Å². The summed E-state index contributed by atoms with van der Waals surface area (Å²) in [6, 6.07) is 12.9. The molecule has 0 heterocycles. The van der Waals surface area contributed by atoms with Crippen LogP contribution in [0, 0.1) is 17.6 Å². The normalized spacial score (nSPS) is 16.0.